The lowest BCUT2D eigenvalue weighted by molar-refractivity contribution is 0.340. The van der Waals surface area contributed by atoms with Crippen LogP contribution in [0.5, 0.6) is 5.75 Å². The molecule has 0 N–H and O–H groups in total. The van der Waals surface area contributed by atoms with Crippen molar-refractivity contribution in [3.8, 4) is 34.0 Å². The fraction of sp³-hybridized carbons (Fsp3) is 0.121. The normalized spacial score (nSPS) is 11.2. The van der Waals surface area contributed by atoms with Gasteiger partial charge in [0, 0.05) is 17.5 Å². The molecule has 178 valence electrons. The predicted molar refractivity (Wildman–Crippen MR) is 151 cm³/mol. The zero-order valence-electron chi connectivity index (χ0n) is 21.0. The van der Waals surface area contributed by atoms with E-state index in [-0.39, 0.29) is 0 Å². The fourth-order valence-electron chi connectivity index (χ4n) is 4.47. The van der Waals surface area contributed by atoms with Crippen LogP contribution in [0.25, 0.3) is 28.2 Å². The molecule has 1 aromatic heterocycles. The van der Waals surface area contributed by atoms with E-state index in [4.69, 9.17) is 9.73 Å². The number of hydrogen-bond donors (Lipinski definition) is 0. The molecule has 0 amide bonds. The van der Waals surface area contributed by atoms with E-state index >= 15 is 0 Å². The first-order valence-corrected chi connectivity index (χ1v) is 12.3. The molecule has 5 rings (SSSR count). The van der Waals surface area contributed by atoms with Gasteiger partial charge in [-0.2, -0.15) is 0 Å². The number of aliphatic imine (C=N–C) groups is 1. The highest BCUT2D eigenvalue weighted by molar-refractivity contribution is 5.94. The average Bonchev–Trinajstić information content (AvgIpc) is 3.30. The molecule has 0 fully saturated rings. The lowest BCUT2D eigenvalue weighted by atomic mass is 10.1. The van der Waals surface area contributed by atoms with Crippen LogP contribution in [0.3, 0.4) is 0 Å². The first kappa shape index (κ1) is 23.4. The summed E-state index contributed by atoms with van der Waals surface area (Å²) in [5.74, 6) is 0.868. The highest BCUT2D eigenvalue weighted by atomic mass is 16.5. The Morgan fingerprint density at radius 3 is 2.08 bits per heavy atom. The average molecular weight is 471 g/mol. The SMILES string of the molecule is CCOc1ccc(-n2c(-c3ccccc3)cc(C=Nc3cc(C)ccc3C)c2-c2ccccc2)cc1. The van der Waals surface area contributed by atoms with Gasteiger partial charge in [-0.1, -0.05) is 72.8 Å². The second-order valence-corrected chi connectivity index (χ2v) is 8.88. The number of rotatable bonds is 7. The van der Waals surface area contributed by atoms with E-state index in [1.165, 1.54) is 5.56 Å². The summed E-state index contributed by atoms with van der Waals surface area (Å²) in [7, 11) is 0. The third kappa shape index (κ3) is 4.87. The van der Waals surface area contributed by atoms with Crippen molar-refractivity contribution in [1.82, 2.24) is 4.57 Å². The first-order valence-electron chi connectivity index (χ1n) is 12.3. The van der Waals surface area contributed by atoms with E-state index < -0.39 is 0 Å². The first-order chi connectivity index (χ1) is 17.6. The number of ether oxygens (including phenoxy) is 1. The minimum Gasteiger partial charge on any atom is -0.494 e. The van der Waals surface area contributed by atoms with Crippen molar-refractivity contribution < 1.29 is 4.74 Å². The van der Waals surface area contributed by atoms with Crippen LogP contribution in [0.15, 0.2) is 114 Å². The second-order valence-electron chi connectivity index (χ2n) is 8.88. The van der Waals surface area contributed by atoms with Crippen molar-refractivity contribution in [2.24, 2.45) is 4.99 Å². The van der Waals surface area contributed by atoms with E-state index in [0.29, 0.717) is 6.61 Å². The van der Waals surface area contributed by atoms with Crippen LogP contribution in [0.1, 0.15) is 23.6 Å². The molecule has 36 heavy (non-hydrogen) atoms. The van der Waals surface area contributed by atoms with Gasteiger partial charge in [-0.05, 0) is 79.4 Å². The van der Waals surface area contributed by atoms with Gasteiger partial charge in [-0.15, -0.1) is 0 Å². The quantitative estimate of drug-likeness (QED) is 0.219. The van der Waals surface area contributed by atoms with Gasteiger partial charge >= 0.3 is 0 Å². The Labute approximate surface area is 213 Å². The molecule has 0 radical (unpaired) electrons. The van der Waals surface area contributed by atoms with E-state index in [1.807, 2.05) is 25.3 Å². The van der Waals surface area contributed by atoms with Gasteiger partial charge in [0.05, 0.1) is 23.7 Å². The van der Waals surface area contributed by atoms with Crippen molar-refractivity contribution >= 4 is 11.9 Å². The Morgan fingerprint density at radius 2 is 1.42 bits per heavy atom. The minimum atomic E-state index is 0.645. The molecule has 0 saturated heterocycles. The van der Waals surface area contributed by atoms with Crippen LogP contribution in [0.4, 0.5) is 5.69 Å². The van der Waals surface area contributed by atoms with Crippen molar-refractivity contribution in [2.45, 2.75) is 20.8 Å². The smallest absolute Gasteiger partial charge is 0.119 e. The highest BCUT2D eigenvalue weighted by Crippen LogP contribution is 2.36. The van der Waals surface area contributed by atoms with Gasteiger partial charge in [-0.25, -0.2) is 0 Å². The molecule has 0 aliphatic carbocycles. The molecule has 0 unspecified atom stereocenters. The summed E-state index contributed by atoms with van der Waals surface area (Å²) in [6, 6.07) is 38.0. The topological polar surface area (TPSA) is 26.5 Å². The number of nitrogens with zero attached hydrogens (tertiary/aromatic N) is 2. The zero-order chi connectivity index (χ0) is 24.9. The van der Waals surface area contributed by atoms with Crippen molar-refractivity contribution in [3.05, 3.63) is 126 Å². The van der Waals surface area contributed by atoms with Crippen LogP contribution < -0.4 is 4.74 Å². The molecule has 0 atom stereocenters. The lowest BCUT2D eigenvalue weighted by Crippen LogP contribution is -2.01. The fourth-order valence-corrected chi connectivity index (χ4v) is 4.47. The summed E-state index contributed by atoms with van der Waals surface area (Å²) in [5, 5.41) is 0. The monoisotopic (exact) mass is 470 g/mol. The molecule has 0 aliphatic rings. The molecule has 3 heteroatoms. The molecular formula is C33H30N2O. The zero-order valence-corrected chi connectivity index (χ0v) is 21.0. The summed E-state index contributed by atoms with van der Waals surface area (Å²) in [6.45, 7) is 6.85. The Morgan fingerprint density at radius 1 is 0.750 bits per heavy atom. The predicted octanol–water partition coefficient (Wildman–Crippen LogP) is 8.58. The minimum absolute atomic E-state index is 0.645. The summed E-state index contributed by atoms with van der Waals surface area (Å²) in [6.07, 6.45) is 2.00. The Balaban J connectivity index is 1.75. The molecule has 0 saturated carbocycles. The van der Waals surface area contributed by atoms with Gasteiger partial charge in [-0.3, -0.25) is 4.99 Å². The molecule has 0 spiro atoms. The summed E-state index contributed by atoms with van der Waals surface area (Å²) < 4.78 is 8.03. The molecule has 5 aromatic rings. The van der Waals surface area contributed by atoms with Crippen LogP contribution in [-0.2, 0) is 0 Å². The van der Waals surface area contributed by atoms with Gasteiger partial charge in [0.2, 0.25) is 0 Å². The van der Waals surface area contributed by atoms with Crippen LogP contribution >= 0.6 is 0 Å². The van der Waals surface area contributed by atoms with Crippen LogP contribution in [-0.4, -0.2) is 17.4 Å². The standard InChI is InChI=1S/C33H30N2O/c1-4-36-30-19-17-29(18-20-30)35-32(26-11-7-5-8-12-26)22-28(33(35)27-13-9-6-10-14-27)23-34-31-21-24(2)15-16-25(31)3/h5-23H,4H2,1-3H3. The lowest BCUT2D eigenvalue weighted by Gasteiger charge is -2.15. The van der Waals surface area contributed by atoms with Crippen LogP contribution in [0, 0.1) is 13.8 Å². The van der Waals surface area contributed by atoms with E-state index in [1.54, 1.807) is 0 Å². The molecule has 4 aromatic carbocycles. The second kappa shape index (κ2) is 10.5. The van der Waals surface area contributed by atoms with Gasteiger partial charge in [0.25, 0.3) is 0 Å². The third-order valence-electron chi connectivity index (χ3n) is 6.26. The number of hydrogen-bond acceptors (Lipinski definition) is 2. The van der Waals surface area contributed by atoms with Gasteiger partial charge < -0.3 is 9.30 Å². The van der Waals surface area contributed by atoms with E-state index in [0.717, 1.165) is 50.8 Å². The maximum Gasteiger partial charge on any atom is 0.119 e. The molecule has 0 aliphatic heterocycles. The largest absolute Gasteiger partial charge is 0.494 e. The third-order valence-corrected chi connectivity index (χ3v) is 6.26. The number of aryl methyl sites for hydroxylation is 2. The van der Waals surface area contributed by atoms with Gasteiger partial charge in [0.1, 0.15) is 5.75 Å². The summed E-state index contributed by atoms with van der Waals surface area (Å²) in [5.41, 5.74) is 9.99. The molecule has 3 nitrogen and oxygen atoms in total. The maximum absolute atomic E-state index is 5.71. The van der Waals surface area contributed by atoms with Crippen molar-refractivity contribution in [3.63, 3.8) is 0 Å². The Kier molecular flexibility index (Phi) is 6.81. The Bertz CT molecular complexity index is 1480. The number of aromatic nitrogens is 1. The maximum atomic E-state index is 5.71. The van der Waals surface area contributed by atoms with Gasteiger partial charge in [0.15, 0.2) is 0 Å². The summed E-state index contributed by atoms with van der Waals surface area (Å²) >= 11 is 0. The van der Waals surface area contributed by atoms with Crippen molar-refractivity contribution in [1.29, 1.82) is 0 Å². The highest BCUT2D eigenvalue weighted by Gasteiger charge is 2.18. The molecular weight excluding hydrogens is 440 g/mol. The van der Waals surface area contributed by atoms with Crippen molar-refractivity contribution in [2.75, 3.05) is 6.61 Å². The van der Waals surface area contributed by atoms with E-state index in [2.05, 4.69) is 115 Å². The Hall–Kier alpha value is -4.37. The summed E-state index contributed by atoms with van der Waals surface area (Å²) in [4.78, 5) is 4.94. The number of benzene rings is 4. The molecule has 1 heterocycles. The van der Waals surface area contributed by atoms with Crippen LogP contribution in [0.2, 0.25) is 0 Å². The van der Waals surface area contributed by atoms with E-state index in [9.17, 15) is 0 Å². The molecule has 0 bridgehead atoms.